The van der Waals surface area contributed by atoms with Crippen LogP contribution in [0, 0.1) is 0 Å². The van der Waals surface area contributed by atoms with Crippen LogP contribution in [0.5, 0.6) is 0 Å². The summed E-state index contributed by atoms with van der Waals surface area (Å²) in [6.07, 6.45) is 5.38. The van der Waals surface area contributed by atoms with E-state index in [4.69, 9.17) is 17.7 Å². The summed E-state index contributed by atoms with van der Waals surface area (Å²) in [5, 5.41) is 0. The monoisotopic (exact) mass is 230 g/mol. The second-order valence-corrected chi connectivity index (χ2v) is 6.37. The molecule has 0 saturated heterocycles. The van der Waals surface area contributed by atoms with Gasteiger partial charge >= 0.3 is 8.80 Å². The Labute approximate surface area is 91.5 Å². The van der Waals surface area contributed by atoms with Crippen molar-refractivity contribution in [2.75, 3.05) is 21.3 Å². The first-order valence-corrected chi connectivity index (χ1v) is 6.86. The highest BCUT2D eigenvalue weighted by Gasteiger charge is 2.36. The van der Waals surface area contributed by atoms with E-state index in [2.05, 4.69) is 0 Å². The highest BCUT2D eigenvalue weighted by atomic mass is 28.4. The Morgan fingerprint density at radius 3 is 2.33 bits per heavy atom. The molecule has 86 valence electrons. The van der Waals surface area contributed by atoms with Gasteiger partial charge in [0, 0.05) is 27.4 Å². The summed E-state index contributed by atoms with van der Waals surface area (Å²) in [6, 6.07) is 2.79. The molecule has 0 aliphatic heterocycles. The molecule has 1 aromatic heterocycles. The molecule has 0 spiro atoms. The third kappa shape index (κ3) is 3.46. The molecule has 0 bridgehead atoms. The lowest BCUT2D eigenvalue weighted by atomic mass is 10.2. The SMILES string of the molecule is CO[Si](CCCc1ccoc1)(OC)OC. The summed E-state index contributed by atoms with van der Waals surface area (Å²) in [7, 11) is 2.53. The van der Waals surface area contributed by atoms with Gasteiger partial charge in [-0.3, -0.25) is 0 Å². The van der Waals surface area contributed by atoms with Gasteiger partial charge in [-0.15, -0.1) is 0 Å². The lowest BCUT2D eigenvalue weighted by Gasteiger charge is -2.24. The Morgan fingerprint density at radius 1 is 1.20 bits per heavy atom. The minimum Gasteiger partial charge on any atom is -0.472 e. The number of rotatable bonds is 7. The topological polar surface area (TPSA) is 40.8 Å². The van der Waals surface area contributed by atoms with Gasteiger partial charge in [0.1, 0.15) is 0 Å². The van der Waals surface area contributed by atoms with E-state index in [0.717, 1.165) is 18.9 Å². The molecule has 0 saturated carbocycles. The van der Waals surface area contributed by atoms with Crippen molar-refractivity contribution in [3.05, 3.63) is 24.2 Å². The molecule has 0 aliphatic carbocycles. The van der Waals surface area contributed by atoms with Gasteiger partial charge in [-0.2, -0.15) is 0 Å². The smallest absolute Gasteiger partial charge is 0.472 e. The van der Waals surface area contributed by atoms with Crippen molar-refractivity contribution in [2.24, 2.45) is 0 Å². The van der Waals surface area contributed by atoms with Crippen LogP contribution in [0.25, 0.3) is 0 Å². The lowest BCUT2D eigenvalue weighted by molar-refractivity contribution is 0.123. The van der Waals surface area contributed by atoms with Gasteiger partial charge in [0.25, 0.3) is 0 Å². The number of hydrogen-bond donors (Lipinski definition) is 0. The van der Waals surface area contributed by atoms with Crippen molar-refractivity contribution in [3.8, 4) is 0 Å². The van der Waals surface area contributed by atoms with Crippen molar-refractivity contribution in [3.63, 3.8) is 0 Å². The fraction of sp³-hybridized carbons (Fsp3) is 0.600. The van der Waals surface area contributed by atoms with E-state index in [1.54, 1.807) is 33.9 Å². The fourth-order valence-electron chi connectivity index (χ4n) is 1.50. The molecular weight excluding hydrogens is 212 g/mol. The molecule has 0 aromatic carbocycles. The maximum atomic E-state index is 5.33. The van der Waals surface area contributed by atoms with Crippen LogP contribution >= 0.6 is 0 Å². The minimum absolute atomic E-state index is 0.821. The summed E-state index contributed by atoms with van der Waals surface area (Å²) >= 11 is 0. The van der Waals surface area contributed by atoms with Gasteiger partial charge in [0.2, 0.25) is 0 Å². The summed E-state index contributed by atoms with van der Waals surface area (Å²) in [4.78, 5) is 0. The molecule has 0 amide bonds. The standard InChI is InChI=1S/C10H18O4Si/c1-11-15(12-2,13-3)8-4-5-10-6-7-14-9-10/h6-7,9H,4-5,8H2,1-3H3. The molecule has 0 N–H and O–H groups in total. The molecule has 4 nitrogen and oxygen atoms in total. The zero-order chi connectivity index (χ0) is 11.1. The van der Waals surface area contributed by atoms with Gasteiger partial charge in [0.05, 0.1) is 12.5 Å². The molecule has 0 aliphatic rings. The van der Waals surface area contributed by atoms with E-state index < -0.39 is 8.80 Å². The van der Waals surface area contributed by atoms with Gasteiger partial charge < -0.3 is 17.7 Å². The highest BCUT2D eigenvalue weighted by molar-refractivity contribution is 6.60. The van der Waals surface area contributed by atoms with Crippen LogP contribution in [0.15, 0.2) is 23.0 Å². The molecule has 1 aromatic rings. The molecule has 0 unspecified atom stereocenters. The predicted octanol–water partition coefficient (Wildman–Crippen LogP) is 2.09. The predicted molar refractivity (Wildman–Crippen MR) is 58.6 cm³/mol. The molecule has 0 fully saturated rings. The lowest BCUT2D eigenvalue weighted by Crippen LogP contribution is -2.42. The molecule has 1 rings (SSSR count). The quantitative estimate of drug-likeness (QED) is 0.673. The largest absolute Gasteiger partial charge is 0.500 e. The average Bonchev–Trinajstić information content (AvgIpc) is 2.78. The molecule has 5 heteroatoms. The van der Waals surface area contributed by atoms with Crippen LogP contribution in [-0.2, 0) is 19.7 Å². The van der Waals surface area contributed by atoms with Crippen molar-refractivity contribution >= 4 is 8.80 Å². The van der Waals surface area contributed by atoms with Crippen molar-refractivity contribution in [2.45, 2.75) is 18.9 Å². The Kier molecular flexibility index (Phi) is 5.03. The summed E-state index contributed by atoms with van der Waals surface area (Å²) in [5.41, 5.74) is 1.20. The fourth-order valence-corrected chi connectivity index (χ4v) is 3.22. The summed E-state index contributed by atoms with van der Waals surface area (Å²) in [6.45, 7) is 0. The third-order valence-corrected chi connectivity index (χ3v) is 5.29. The molecule has 0 radical (unpaired) electrons. The second-order valence-electron chi connectivity index (χ2n) is 3.28. The number of aryl methyl sites for hydroxylation is 1. The highest BCUT2D eigenvalue weighted by Crippen LogP contribution is 2.17. The second kappa shape index (κ2) is 6.07. The Balaban J connectivity index is 2.34. The van der Waals surface area contributed by atoms with E-state index >= 15 is 0 Å². The molecule has 1 heterocycles. The van der Waals surface area contributed by atoms with E-state index in [-0.39, 0.29) is 0 Å². The summed E-state index contributed by atoms with van der Waals surface area (Å²) in [5.74, 6) is 0. The third-order valence-electron chi connectivity index (χ3n) is 2.46. The summed E-state index contributed by atoms with van der Waals surface area (Å²) < 4.78 is 21.0. The normalized spacial score (nSPS) is 11.9. The Morgan fingerprint density at radius 2 is 1.87 bits per heavy atom. The maximum Gasteiger partial charge on any atom is 0.500 e. The minimum atomic E-state index is -2.38. The van der Waals surface area contributed by atoms with Gasteiger partial charge in [-0.05, 0) is 24.5 Å². The first-order valence-electron chi connectivity index (χ1n) is 4.93. The molecule has 0 atom stereocenters. The zero-order valence-corrected chi connectivity index (χ0v) is 10.5. The van der Waals surface area contributed by atoms with Crippen molar-refractivity contribution < 1.29 is 17.7 Å². The van der Waals surface area contributed by atoms with Crippen molar-refractivity contribution in [1.82, 2.24) is 0 Å². The van der Waals surface area contributed by atoms with Gasteiger partial charge in [-0.1, -0.05) is 0 Å². The van der Waals surface area contributed by atoms with Crippen LogP contribution in [-0.4, -0.2) is 30.1 Å². The van der Waals surface area contributed by atoms with Crippen LogP contribution in [0.4, 0.5) is 0 Å². The number of hydrogen-bond acceptors (Lipinski definition) is 4. The van der Waals surface area contributed by atoms with Gasteiger partial charge in [0.15, 0.2) is 0 Å². The van der Waals surface area contributed by atoms with E-state index in [9.17, 15) is 0 Å². The first-order chi connectivity index (χ1) is 7.26. The Hall–Kier alpha value is -0.623. The van der Waals surface area contributed by atoms with Crippen LogP contribution in [0.1, 0.15) is 12.0 Å². The zero-order valence-electron chi connectivity index (χ0n) is 9.49. The van der Waals surface area contributed by atoms with Crippen molar-refractivity contribution in [1.29, 1.82) is 0 Å². The van der Waals surface area contributed by atoms with Crippen LogP contribution in [0.3, 0.4) is 0 Å². The Bertz CT molecular complexity index is 248. The van der Waals surface area contributed by atoms with Crippen LogP contribution < -0.4 is 0 Å². The van der Waals surface area contributed by atoms with E-state index in [1.165, 1.54) is 5.56 Å². The number of furan rings is 1. The maximum absolute atomic E-state index is 5.33. The van der Waals surface area contributed by atoms with Crippen LogP contribution in [0.2, 0.25) is 6.04 Å². The average molecular weight is 230 g/mol. The molecular formula is C10H18O4Si. The van der Waals surface area contributed by atoms with E-state index in [1.807, 2.05) is 6.07 Å². The van der Waals surface area contributed by atoms with Gasteiger partial charge in [-0.25, -0.2) is 0 Å². The van der Waals surface area contributed by atoms with E-state index in [0.29, 0.717) is 0 Å². The molecule has 15 heavy (non-hydrogen) atoms. The first kappa shape index (κ1) is 12.4.